The Balaban J connectivity index is 2.04. The van der Waals surface area contributed by atoms with Gasteiger partial charge in [-0.05, 0) is 11.6 Å². The summed E-state index contributed by atoms with van der Waals surface area (Å²) in [5, 5.41) is 8.06. The van der Waals surface area contributed by atoms with Crippen molar-refractivity contribution in [2.45, 2.75) is 6.42 Å². The van der Waals surface area contributed by atoms with Crippen LogP contribution in [0.1, 0.15) is 5.56 Å². The summed E-state index contributed by atoms with van der Waals surface area (Å²) in [6.07, 6.45) is 0.270. The average Bonchev–Trinajstić information content (AvgIpc) is 2.36. The second kappa shape index (κ2) is 5.47. The maximum Gasteiger partial charge on any atom is 0.145 e. The summed E-state index contributed by atoms with van der Waals surface area (Å²) in [7, 11) is 0. The van der Waals surface area contributed by atoms with E-state index in [4.69, 9.17) is 21.7 Å². The zero-order valence-electron chi connectivity index (χ0n) is 9.38. The summed E-state index contributed by atoms with van der Waals surface area (Å²) in [5.74, 6) is -0.0124. The largest absolute Gasteiger partial charge is 0.378 e. The number of hydrogen-bond acceptors (Lipinski definition) is 2. The molecule has 1 aromatic rings. The molecular weight excluding hydrogens is 243 g/mol. The number of nitrogens with one attached hydrogen (secondary N) is 1. The van der Waals surface area contributed by atoms with Crippen molar-refractivity contribution in [1.82, 2.24) is 4.90 Å². The lowest BCUT2D eigenvalue weighted by atomic mass is 10.1. The first-order chi connectivity index (χ1) is 8.18. The minimum Gasteiger partial charge on any atom is -0.378 e. The highest BCUT2D eigenvalue weighted by Gasteiger charge is 2.16. The molecular formula is C12H14ClFN2O. The quantitative estimate of drug-likeness (QED) is 0.651. The van der Waals surface area contributed by atoms with Crippen molar-refractivity contribution in [2.75, 3.05) is 26.3 Å². The minimum absolute atomic E-state index is 0.109. The molecule has 0 aromatic heterocycles. The molecule has 1 N–H and O–H groups in total. The van der Waals surface area contributed by atoms with Crippen LogP contribution in [0.25, 0.3) is 0 Å². The Hall–Kier alpha value is -1.13. The Morgan fingerprint density at radius 1 is 1.41 bits per heavy atom. The Kier molecular flexibility index (Phi) is 3.97. The van der Waals surface area contributed by atoms with E-state index in [-0.39, 0.29) is 11.4 Å². The fourth-order valence-corrected chi connectivity index (χ4v) is 2.00. The normalized spacial score (nSPS) is 16.0. The van der Waals surface area contributed by atoms with Crippen LogP contribution < -0.4 is 0 Å². The highest BCUT2D eigenvalue weighted by atomic mass is 35.5. The first-order valence-electron chi connectivity index (χ1n) is 5.51. The lowest BCUT2D eigenvalue weighted by molar-refractivity contribution is 0.0670. The van der Waals surface area contributed by atoms with Crippen molar-refractivity contribution in [3.8, 4) is 0 Å². The summed E-state index contributed by atoms with van der Waals surface area (Å²) in [6, 6.07) is 4.88. The van der Waals surface area contributed by atoms with Crippen LogP contribution in [0, 0.1) is 11.2 Å². The number of rotatable bonds is 2. The van der Waals surface area contributed by atoms with Crippen LogP contribution in [0.15, 0.2) is 18.2 Å². The van der Waals surface area contributed by atoms with E-state index in [1.807, 2.05) is 4.90 Å². The van der Waals surface area contributed by atoms with E-state index in [9.17, 15) is 4.39 Å². The van der Waals surface area contributed by atoms with Crippen LogP contribution in [0.5, 0.6) is 0 Å². The van der Waals surface area contributed by atoms with Crippen LogP contribution in [0.2, 0.25) is 5.02 Å². The number of amidine groups is 1. The van der Waals surface area contributed by atoms with Gasteiger partial charge in [0.1, 0.15) is 11.7 Å². The molecule has 2 rings (SSSR count). The molecule has 1 fully saturated rings. The molecule has 0 bridgehead atoms. The number of benzene rings is 1. The molecule has 0 aliphatic carbocycles. The Bertz CT molecular complexity index is 419. The Morgan fingerprint density at radius 2 is 2.12 bits per heavy atom. The molecule has 17 heavy (non-hydrogen) atoms. The molecule has 0 saturated carbocycles. The van der Waals surface area contributed by atoms with Gasteiger partial charge in [-0.15, -0.1) is 0 Å². The average molecular weight is 257 g/mol. The molecule has 1 saturated heterocycles. The lowest BCUT2D eigenvalue weighted by Gasteiger charge is -2.29. The van der Waals surface area contributed by atoms with Crippen LogP contribution >= 0.6 is 11.6 Å². The van der Waals surface area contributed by atoms with Crippen LogP contribution in [-0.2, 0) is 11.2 Å². The van der Waals surface area contributed by atoms with Crippen molar-refractivity contribution in [3.05, 3.63) is 34.6 Å². The highest BCUT2D eigenvalue weighted by molar-refractivity contribution is 6.30. The number of hydrogen-bond donors (Lipinski definition) is 1. The Labute approximate surface area is 105 Å². The molecule has 1 aliphatic heterocycles. The van der Waals surface area contributed by atoms with E-state index in [1.165, 1.54) is 6.07 Å². The smallest absolute Gasteiger partial charge is 0.145 e. The maximum absolute atomic E-state index is 13.7. The van der Waals surface area contributed by atoms with Gasteiger partial charge in [0.15, 0.2) is 0 Å². The molecule has 3 nitrogen and oxygen atoms in total. The van der Waals surface area contributed by atoms with Crippen molar-refractivity contribution in [3.63, 3.8) is 0 Å². The topological polar surface area (TPSA) is 36.3 Å². The van der Waals surface area contributed by atoms with Gasteiger partial charge < -0.3 is 9.64 Å². The zero-order valence-corrected chi connectivity index (χ0v) is 10.1. The molecule has 1 aromatic carbocycles. The molecule has 0 amide bonds. The van der Waals surface area contributed by atoms with Crippen LogP contribution in [0.4, 0.5) is 4.39 Å². The van der Waals surface area contributed by atoms with E-state index in [1.54, 1.807) is 12.1 Å². The van der Waals surface area contributed by atoms with Crippen molar-refractivity contribution < 1.29 is 9.13 Å². The fourth-order valence-electron chi connectivity index (χ4n) is 1.81. The molecule has 0 radical (unpaired) electrons. The monoisotopic (exact) mass is 256 g/mol. The number of nitrogens with zero attached hydrogens (tertiary/aromatic N) is 1. The van der Waals surface area contributed by atoms with Gasteiger partial charge in [0.05, 0.1) is 18.2 Å². The second-order valence-corrected chi connectivity index (χ2v) is 4.34. The third-order valence-electron chi connectivity index (χ3n) is 2.78. The van der Waals surface area contributed by atoms with E-state index in [0.29, 0.717) is 37.7 Å². The van der Waals surface area contributed by atoms with Crippen LogP contribution in [-0.4, -0.2) is 37.0 Å². The van der Waals surface area contributed by atoms with E-state index < -0.39 is 5.82 Å². The number of morpholine rings is 1. The second-order valence-electron chi connectivity index (χ2n) is 3.94. The molecule has 5 heteroatoms. The molecule has 0 spiro atoms. The lowest BCUT2D eigenvalue weighted by Crippen LogP contribution is -2.41. The zero-order chi connectivity index (χ0) is 12.3. The third kappa shape index (κ3) is 2.96. The van der Waals surface area contributed by atoms with Gasteiger partial charge in [0.25, 0.3) is 0 Å². The molecule has 0 atom stereocenters. The third-order valence-corrected chi connectivity index (χ3v) is 3.07. The standard InChI is InChI=1S/C12H14ClFN2O/c13-10-3-1-2-9(12(10)14)8-11(15)16-4-6-17-7-5-16/h1-3,15H,4-8H2. The van der Waals surface area contributed by atoms with Gasteiger partial charge in [-0.1, -0.05) is 23.7 Å². The molecule has 0 unspecified atom stereocenters. The van der Waals surface area contributed by atoms with E-state index in [2.05, 4.69) is 0 Å². The summed E-state index contributed by atoms with van der Waals surface area (Å²) < 4.78 is 18.9. The van der Waals surface area contributed by atoms with Crippen molar-refractivity contribution in [1.29, 1.82) is 5.41 Å². The molecule has 1 heterocycles. The summed E-state index contributed by atoms with van der Waals surface area (Å²) in [6.45, 7) is 2.64. The number of halogens is 2. The predicted molar refractivity (Wildman–Crippen MR) is 65.2 cm³/mol. The fraction of sp³-hybridized carbons (Fsp3) is 0.417. The van der Waals surface area contributed by atoms with Gasteiger partial charge in [0, 0.05) is 19.5 Å². The van der Waals surface area contributed by atoms with Gasteiger partial charge in [-0.25, -0.2) is 4.39 Å². The van der Waals surface area contributed by atoms with Gasteiger partial charge >= 0.3 is 0 Å². The predicted octanol–water partition coefficient (Wildman–Crippen LogP) is 2.33. The highest BCUT2D eigenvalue weighted by Crippen LogP contribution is 2.19. The van der Waals surface area contributed by atoms with Crippen molar-refractivity contribution in [2.24, 2.45) is 0 Å². The minimum atomic E-state index is -0.424. The summed E-state index contributed by atoms with van der Waals surface area (Å²) in [4.78, 5) is 1.91. The van der Waals surface area contributed by atoms with Crippen LogP contribution in [0.3, 0.4) is 0 Å². The van der Waals surface area contributed by atoms with Crippen molar-refractivity contribution >= 4 is 17.4 Å². The Morgan fingerprint density at radius 3 is 2.82 bits per heavy atom. The maximum atomic E-state index is 13.7. The first-order valence-corrected chi connectivity index (χ1v) is 5.89. The van der Waals surface area contributed by atoms with Gasteiger partial charge in [-0.2, -0.15) is 0 Å². The van der Waals surface area contributed by atoms with Gasteiger partial charge in [0.2, 0.25) is 0 Å². The number of ether oxygens (including phenoxy) is 1. The van der Waals surface area contributed by atoms with E-state index in [0.717, 1.165) is 0 Å². The van der Waals surface area contributed by atoms with E-state index >= 15 is 0 Å². The molecule has 92 valence electrons. The summed E-state index contributed by atoms with van der Waals surface area (Å²) in [5.41, 5.74) is 0.467. The van der Waals surface area contributed by atoms with Gasteiger partial charge in [-0.3, -0.25) is 5.41 Å². The summed E-state index contributed by atoms with van der Waals surface area (Å²) >= 11 is 5.70. The first kappa shape index (κ1) is 12.3. The molecule has 1 aliphatic rings. The SMILES string of the molecule is N=C(Cc1cccc(Cl)c1F)N1CCOCC1.